The first kappa shape index (κ1) is 22.7. The van der Waals surface area contributed by atoms with Crippen molar-refractivity contribution in [3.05, 3.63) is 35.4 Å². The summed E-state index contributed by atoms with van der Waals surface area (Å²) in [5, 5.41) is 6.78. The van der Waals surface area contributed by atoms with Crippen molar-refractivity contribution in [1.29, 1.82) is 0 Å². The largest absolute Gasteiger partial charge is 0.379 e. The van der Waals surface area contributed by atoms with Gasteiger partial charge in [0.15, 0.2) is 5.96 Å². The quantitative estimate of drug-likeness (QED) is 0.475. The lowest BCUT2D eigenvalue weighted by molar-refractivity contribution is 0.0258. The summed E-state index contributed by atoms with van der Waals surface area (Å²) in [5.74, 6) is 1.35. The summed E-state index contributed by atoms with van der Waals surface area (Å²) in [6, 6.07) is 8.83. The van der Waals surface area contributed by atoms with Crippen molar-refractivity contribution < 1.29 is 9.47 Å². The van der Waals surface area contributed by atoms with E-state index in [0.717, 1.165) is 64.9 Å². The molecule has 0 bridgehead atoms. The van der Waals surface area contributed by atoms with E-state index in [1.54, 1.807) is 0 Å². The van der Waals surface area contributed by atoms with Crippen LogP contribution in [-0.4, -0.2) is 63.5 Å². The van der Waals surface area contributed by atoms with Crippen molar-refractivity contribution in [2.45, 2.75) is 46.4 Å². The van der Waals surface area contributed by atoms with Gasteiger partial charge >= 0.3 is 0 Å². The van der Waals surface area contributed by atoms with Gasteiger partial charge in [0.2, 0.25) is 0 Å². The van der Waals surface area contributed by atoms with E-state index in [-0.39, 0.29) is 6.10 Å². The molecule has 1 atom stereocenters. The number of hydrogen-bond acceptors (Lipinski definition) is 4. The number of guanidine groups is 1. The Morgan fingerprint density at radius 2 is 1.82 bits per heavy atom. The lowest BCUT2D eigenvalue weighted by Gasteiger charge is -2.26. The van der Waals surface area contributed by atoms with Gasteiger partial charge in [-0.3, -0.25) is 9.89 Å². The van der Waals surface area contributed by atoms with Crippen LogP contribution in [-0.2, 0) is 22.6 Å². The zero-order valence-electron chi connectivity index (χ0n) is 18.0. The summed E-state index contributed by atoms with van der Waals surface area (Å²) >= 11 is 0. The van der Waals surface area contributed by atoms with Crippen molar-refractivity contribution >= 4 is 5.96 Å². The first-order valence-corrected chi connectivity index (χ1v) is 10.6. The number of hydrogen-bond donors (Lipinski definition) is 2. The van der Waals surface area contributed by atoms with Crippen LogP contribution in [0.2, 0.25) is 0 Å². The number of rotatable bonds is 10. The molecule has 1 fully saturated rings. The highest BCUT2D eigenvalue weighted by Gasteiger charge is 2.13. The van der Waals surface area contributed by atoms with Gasteiger partial charge in [-0.25, -0.2) is 0 Å². The van der Waals surface area contributed by atoms with Gasteiger partial charge in [-0.05, 0) is 30.4 Å². The molecule has 6 heteroatoms. The Morgan fingerprint density at radius 1 is 1.14 bits per heavy atom. The van der Waals surface area contributed by atoms with E-state index in [0.29, 0.717) is 5.92 Å². The average Bonchev–Trinajstić information content (AvgIpc) is 2.71. The monoisotopic (exact) mass is 390 g/mol. The van der Waals surface area contributed by atoms with E-state index in [1.807, 2.05) is 7.05 Å². The molecule has 28 heavy (non-hydrogen) atoms. The standard InChI is InChI=1S/C22H38N4O2/c1-5-28-21(18(2)3)10-11-24-22(23-4)25-16-19-6-8-20(9-7-19)17-26-12-14-27-15-13-26/h6-9,18,21H,5,10-17H2,1-4H3,(H2,23,24,25). The van der Waals surface area contributed by atoms with E-state index < -0.39 is 0 Å². The van der Waals surface area contributed by atoms with Gasteiger partial charge in [0, 0.05) is 46.4 Å². The number of ether oxygens (including phenoxy) is 2. The summed E-state index contributed by atoms with van der Waals surface area (Å²) in [7, 11) is 1.81. The molecule has 0 spiro atoms. The predicted molar refractivity (Wildman–Crippen MR) is 116 cm³/mol. The van der Waals surface area contributed by atoms with Gasteiger partial charge < -0.3 is 20.1 Å². The third-order valence-corrected chi connectivity index (χ3v) is 5.06. The number of nitrogens with one attached hydrogen (secondary N) is 2. The maximum atomic E-state index is 5.80. The van der Waals surface area contributed by atoms with Crippen LogP contribution >= 0.6 is 0 Å². The maximum absolute atomic E-state index is 5.80. The van der Waals surface area contributed by atoms with Crippen molar-refractivity contribution in [1.82, 2.24) is 15.5 Å². The number of nitrogens with zero attached hydrogens (tertiary/aromatic N) is 2. The lowest BCUT2D eigenvalue weighted by Crippen LogP contribution is -2.39. The van der Waals surface area contributed by atoms with Gasteiger partial charge in [0.1, 0.15) is 0 Å². The lowest BCUT2D eigenvalue weighted by atomic mass is 10.0. The highest BCUT2D eigenvalue weighted by Crippen LogP contribution is 2.10. The van der Waals surface area contributed by atoms with Crippen LogP contribution in [0.4, 0.5) is 0 Å². The second kappa shape index (κ2) is 12.8. The zero-order valence-corrected chi connectivity index (χ0v) is 18.0. The van der Waals surface area contributed by atoms with Crippen LogP contribution < -0.4 is 10.6 Å². The summed E-state index contributed by atoms with van der Waals surface area (Å²) in [6.45, 7) is 13.6. The molecule has 1 aliphatic heterocycles. The first-order chi connectivity index (χ1) is 13.6. The Kier molecular flexibility index (Phi) is 10.3. The Labute approximate surface area is 170 Å². The molecule has 0 aliphatic carbocycles. The Hall–Kier alpha value is -1.63. The Balaban J connectivity index is 1.72. The summed E-state index contributed by atoms with van der Waals surface area (Å²) in [4.78, 5) is 6.76. The first-order valence-electron chi connectivity index (χ1n) is 10.6. The fourth-order valence-electron chi connectivity index (χ4n) is 3.34. The summed E-state index contributed by atoms with van der Waals surface area (Å²) in [6.07, 6.45) is 1.26. The minimum absolute atomic E-state index is 0.287. The SMILES string of the molecule is CCOC(CCNC(=NC)NCc1ccc(CN2CCOCC2)cc1)C(C)C. The normalized spacial score (nSPS) is 17.0. The number of benzene rings is 1. The highest BCUT2D eigenvalue weighted by atomic mass is 16.5. The van der Waals surface area contributed by atoms with E-state index >= 15 is 0 Å². The molecule has 2 rings (SSSR count). The van der Waals surface area contributed by atoms with E-state index in [4.69, 9.17) is 9.47 Å². The average molecular weight is 391 g/mol. The molecule has 0 radical (unpaired) electrons. The molecule has 0 saturated carbocycles. The molecule has 1 aliphatic rings. The van der Waals surface area contributed by atoms with E-state index in [1.165, 1.54) is 11.1 Å². The molecule has 158 valence electrons. The molecule has 0 amide bonds. The summed E-state index contributed by atoms with van der Waals surface area (Å²) in [5.41, 5.74) is 2.60. The van der Waals surface area contributed by atoms with Gasteiger partial charge in [-0.2, -0.15) is 0 Å². The van der Waals surface area contributed by atoms with Crippen LogP contribution in [0.3, 0.4) is 0 Å². The van der Waals surface area contributed by atoms with Gasteiger partial charge in [-0.1, -0.05) is 38.1 Å². The van der Waals surface area contributed by atoms with E-state index in [2.05, 4.69) is 65.6 Å². The number of morpholine rings is 1. The molecule has 1 unspecified atom stereocenters. The van der Waals surface area contributed by atoms with Gasteiger partial charge in [-0.15, -0.1) is 0 Å². The molecular weight excluding hydrogens is 352 g/mol. The highest BCUT2D eigenvalue weighted by molar-refractivity contribution is 5.79. The molecule has 1 aromatic rings. The minimum Gasteiger partial charge on any atom is -0.379 e. The zero-order chi connectivity index (χ0) is 20.2. The molecule has 1 saturated heterocycles. The maximum Gasteiger partial charge on any atom is 0.191 e. The van der Waals surface area contributed by atoms with Crippen molar-refractivity contribution in [2.24, 2.45) is 10.9 Å². The Morgan fingerprint density at radius 3 is 2.43 bits per heavy atom. The van der Waals surface area contributed by atoms with Crippen molar-refractivity contribution in [3.63, 3.8) is 0 Å². The van der Waals surface area contributed by atoms with E-state index in [9.17, 15) is 0 Å². The molecular formula is C22H38N4O2. The molecule has 1 heterocycles. The fraction of sp³-hybridized carbons (Fsp3) is 0.682. The van der Waals surface area contributed by atoms with Crippen LogP contribution in [0, 0.1) is 5.92 Å². The predicted octanol–water partition coefficient (Wildman–Crippen LogP) is 2.64. The van der Waals surface area contributed by atoms with Gasteiger partial charge in [0.25, 0.3) is 0 Å². The molecule has 6 nitrogen and oxygen atoms in total. The second-order valence-corrected chi connectivity index (χ2v) is 7.58. The number of aliphatic imine (C=N–C) groups is 1. The van der Waals surface area contributed by atoms with Crippen LogP contribution in [0.1, 0.15) is 38.3 Å². The fourth-order valence-corrected chi connectivity index (χ4v) is 3.34. The molecule has 2 N–H and O–H groups in total. The summed E-state index contributed by atoms with van der Waals surface area (Å²) < 4.78 is 11.2. The third-order valence-electron chi connectivity index (χ3n) is 5.06. The van der Waals surface area contributed by atoms with Crippen LogP contribution in [0.15, 0.2) is 29.3 Å². The van der Waals surface area contributed by atoms with Crippen molar-refractivity contribution in [2.75, 3.05) is 46.5 Å². The molecule has 1 aromatic carbocycles. The van der Waals surface area contributed by atoms with Crippen molar-refractivity contribution in [3.8, 4) is 0 Å². The second-order valence-electron chi connectivity index (χ2n) is 7.58. The Bertz CT molecular complexity index is 568. The minimum atomic E-state index is 0.287. The third kappa shape index (κ3) is 8.17. The molecule has 0 aromatic heterocycles. The smallest absolute Gasteiger partial charge is 0.191 e. The van der Waals surface area contributed by atoms with Crippen LogP contribution in [0.5, 0.6) is 0 Å². The van der Waals surface area contributed by atoms with Crippen LogP contribution in [0.25, 0.3) is 0 Å². The topological polar surface area (TPSA) is 58.1 Å². The van der Waals surface area contributed by atoms with Gasteiger partial charge in [0.05, 0.1) is 19.3 Å².